The summed E-state index contributed by atoms with van der Waals surface area (Å²) in [5.41, 5.74) is 0. The Morgan fingerprint density at radius 1 is 1.00 bits per heavy atom. The number of hydrogen-bond acceptors (Lipinski definition) is 0. The molecule has 0 aromatic carbocycles. The molecule has 0 rings (SSSR count). The van der Waals surface area contributed by atoms with E-state index in [1.54, 1.807) is 0 Å². The SMILES string of the molecule is [GeH4].[Ni].[SnH2].[TeH2]. The van der Waals surface area contributed by atoms with E-state index in [9.17, 15) is 0 Å². The normalized spacial score (nSPS) is 0. The van der Waals surface area contributed by atoms with Crippen molar-refractivity contribution >= 4 is 65.2 Å². The second-order valence-electron chi connectivity index (χ2n) is 0. The van der Waals surface area contributed by atoms with E-state index in [-0.39, 0.29) is 81.7 Å². The van der Waals surface area contributed by atoms with Gasteiger partial charge in [-0.15, -0.1) is 0 Å². The quantitative estimate of drug-likeness (QED) is 0.384. The van der Waals surface area contributed by atoms with Crippen LogP contribution in [0.5, 0.6) is 0 Å². The van der Waals surface area contributed by atoms with Crippen molar-refractivity contribution in [2.45, 2.75) is 0 Å². The number of rotatable bonds is 0. The summed E-state index contributed by atoms with van der Waals surface area (Å²) in [6, 6.07) is 0. The van der Waals surface area contributed by atoms with E-state index in [1.807, 2.05) is 0 Å². The van der Waals surface area contributed by atoms with Crippen LogP contribution >= 0.6 is 0 Å². The van der Waals surface area contributed by atoms with Crippen molar-refractivity contribution in [3.63, 3.8) is 0 Å². The van der Waals surface area contributed by atoms with Crippen LogP contribution in [0.1, 0.15) is 0 Å². The fourth-order valence-electron chi connectivity index (χ4n) is 0. The van der Waals surface area contributed by atoms with Crippen molar-refractivity contribution in [2.24, 2.45) is 0 Å². The summed E-state index contributed by atoms with van der Waals surface area (Å²) in [6.07, 6.45) is 0. The Bertz CT molecular complexity index is 8.00. The van der Waals surface area contributed by atoms with Gasteiger partial charge in [-0.1, -0.05) is 0 Å². The molecule has 0 aliphatic rings. The van der Waals surface area contributed by atoms with Gasteiger partial charge >= 0.3 is 65.2 Å². The van der Waals surface area contributed by atoms with Gasteiger partial charge in [0.25, 0.3) is 0 Å². The molecule has 0 bridgehead atoms. The van der Waals surface area contributed by atoms with Crippen molar-refractivity contribution in [2.75, 3.05) is 0 Å². The van der Waals surface area contributed by atoms with Crippen molar-refractivity contribution in [1.82, 2.24) is 0 Å². The Balaban J connectivity index is 0. The van der Waals surface area contributed by atoms with Gasteiger partial charge < -0.3 is 0 Å². The molecular weight excluding hydrogens is 378 g/mol. The first kappa shape index (κ1) is 30.4. The summed E-state index contributed by atoms with van der Waals surface area (Å²) in [6.45, 7) is 0. The summed E-state index contributed by atoms with van der Waals surface area (Å²) in [7, 11) is 0. The standard InChI is InChI=1S/GeH4.Ni.Sn.H2Te.2H/h1H4;;;1H2;;. The summed E-state index contributed by atoms with van der Waals surface area (Å²) < 4.78 is 0. The van der Waals surface area contributed by atoms with Crippen LogP contribution in [-0.2, 0) is 16.5 Å². The van der Waals surface area contributed by atoms with E-state index in [0.717, 1.165) is 0 Å². The molecule has 4 heteroatoms. The fraction of sp³-hybridized carbons (Fsp3) is 0. The molecule has 0 atom stereocenters. The summed E-state index contributed by atoms with van der Waals surface area (Å²) in [5, 5.41) is 0. The molecule has 0 aromatic heterocycles. The van der Waals surface area contributed by atoms with E-state index < -0.39 is 0 Å². The molecule has 32 valence electrons. The second kappa shape index (κ2) is 17.5. The van der Waals surface area contributed by atoms with Crippen LogP contribution in [-0.4, -0.2) is 65.2 Å². The van der Waals surface area contributed by atoms with Crippen LogP contribution in [0.4, 0.5) is 0 Å². The summed E-state index contributed by atoms with van der Waals surface area (Å²) in [4.78, 5) is 0. The Morgan fingerprint density at radius 2 is 1.00 bits per heavy atom. The zero-order valence-electron chi connectivity index (χ0n) is 1.52. The molecule has 0 heterocycles. The molecule has 4 heavy (non-hydrogen) atoms. The predicted molar refractivity (Wildman–Crippen MR) is 28.4 cm³/mol. The zero-order chi connectivity index (χ0) is 0. The third-order valence-corrected chi connectivity index (χ3v) is 0. The topological polar surface area (TPSA) is 0 Å². The van der Waals surface area contributed by atoms with Crippen molar-refractivity contribution < 1.29 is 16.5 Å². The number of hydrogen-bond donors (Lipinski definition) is 0. The average Bonchev–Trinajstić information content (AvgIpc) is 0. The first-order valence-electron chi connectivity index (χ1n) is 0. The molecule has 0 saturated carbocycles. The molecule has 0 unspecified atom stereocenters. The van der Waals surface area contributed by atoms with E-state index in [4.69, 9.17) is 0 Å². The van der Waals surface area contributed by atoms with Gasteiger partial charge in [-0.2, -0.15) is 0 Å². The van der Waals surface area contributed by atoms with Gasteiger partial charge in [-0.25, -0.2) is 0 Å². The fourth-order valence-corrected chi connectivity index (χ4v) is 0. The van der Waals surface area contributed by atoms with Crippen molar-refractivity contribution in [3.8, 4) is 0 Å². The van der Waals surface area contributed by atoms with Crippen molar-refractivity contribution in [3.05, 3.63) is 0 Å². The van der Waals surface area contributed by atoms with E-state index in [1.165, 1.54) is 0 Å². The van der Waals surface area contributed by atoms with E-state index in [0.29, 0.717) is 0 Å². The summed E-state index contributed by atoms with van der Waals surface area (Å²) >= 11 is 0. The molecule has 0 aliphatic carbocycles. The maximum atomic E-state index is 0. The van der Waals surface area contributed by atoms with E-state index >= 15 is 0 Å². The van der Waals surface area contributed by atoms with Crippen molar-refractivity contribution in [1.29, 1.82) is 0 Å². The van der Waals surface area contributed by atoms with Gasteiger partial charge in [0.15, 0.2) is 0 Å². The van der Waals surface area contributed by atoms with E-state index in [2.05, 4.69) is 0 Å². The van der Waals surface area contributed by atoms with Gasteiger partial charge in [-0.05, 0) is 0 Å². The Morgan fingerprint density at radius 3 is 1.00 bits per heavy atom. The second-order valence-corrected chi connectivity index (χ2v) is 0. The third-order valence-electron chi connectivity index (χ3n) is 0. The Hall–Kier alpha value is 2.62. The molecule has 0 aliphatic heterocycles. The molecule has 2 radical (unpaired) electrons. The van der Waals surface area contributed by atoms with Gasteiger partial charge in [0.2, 0.25) is 0 Å². The minimum atomic E-state index is 0. The molecular formula is H8GeNiSnTe. The molecule has 0 saturated heterocycles. The average molecular weight is 386 g/mol. The van der Waals surface area contributed by atoms with Gasteiger partial charge in [-0.3, -0.25) is 0 Å². The summed E-state index contributed by atoms with van der Waals surface area (Å²) in [5.74, 6) is 0. The van der Waals surface area contributed by atoms with Gasteiger partial charge in [0.1, 0.15) is 0 Å². The third kappa shape index (κ3) is 8.82. The van der Waals surface area contributed by atoms with Crippen LogP contribution in [0.2, 0.25) is 0 Å². The van der Waals surface area contributed by atoms with Crippen LogP contribution in [0.25, 0.3) is 0 Å². The molecule has 0 aromatic rings. The maximum absolute atomic E-state index is 0. The monoisotopic (exact) mass is 390 g/mol. The minimum absolute atomic E-state index is 0. The Kier molecular flexibility index (Phi) is 133. The predicted octanol–water partition coefficient (Wildman–Crippen LogP) is -3.29. The molecule has 0 N–H and O–H groups in total. The zero-order valence-corrected chi connectivity index (χ0v) is 9.40. The van der Waals surface area contributed by atoms with Gasteiger partial charge in [0, 0.05) is 16.5 Å². The van der Waals surface area contributed by atoms with Crippen LogP contribution in [0, 0.1) is 0 Å². The van der Waals surface area contributed by atoms with Crippen LogP contribution in [0.15, 0.2) is 0 Å². The van der Waals surface area contributed by atoms with Crippen LogP contribution in [0.3, 0.4) is 0 Å². The van der Waals surface area contributed by atoms with Gasteiger partial charge in [0.05, 0.1) is 0 Å². The first-order valence-corrected chi connectivity index (χ1v) is 0. The molecule has 0 amide bonds. The molecule has 0 fully saturated rings. The molecule has 0 spiro atoms. The van der Waals surface area contributed by atoms with Crippen LogP contribution < -0.4 is 0 Å². The molecule has 0 nitrogen and oxygen atoms in total. The first-order chi connectivity index (χ1) is 0. The Labute approximate surface area is 80.4 Å².